The first-order valence-electron chi connectivity index (χ1n) is 4.81. The van der Waals surface area contributed by atoms with Crippen molar-refractivity contribution in [2.75, 3.05) is 12.4 Å². The van der Waals surface area contributed by atoms with Crippen molar-refractivity contribution in [3.8, 4) is 5.75 Å². The van der Waals surface area contributed by atoms with Crippen molar-refractivity contribution in [1.29, 1.82) is 0 Å². The van der Waals surface area contributed by atoms with E-state index in [1.165, 1.54) is 0 Å². The topological polar surface area (TPSA) is 38.3 Å². The summed E-state index contributed by atoms with van der Waals surface area (Å²) >= 11 is 0. The number of carbonyl (C=O) groups is 1. The summed E-state index contributed by atoms with van der Waals surface area (Å²) in [6, 6.07) is 8.32. The molecule has 3 heteroatoms. The second-order valence-electron chi connectivity index (χ2n) is 4.34. The van der Waals surface area contributed by atoms with Gasteiger partial charge >= 0.3 is 0 Å². The lowest BCUT2D eigenvalue weighted by Crippen LogP contribution is -2.27. The third-order valence-corrected chi connectivity index (χ3v) is 1.92. The van der Waals surface area contributed by atoms with Gasteiger partial charge in [-0.1, -0.05) is 26.8 Å². The van der Waals surface area contributed by atoms with Crippen LogP contribution >= 0.6 is 0 Å². The number of anilines is 1. The van der Waals surface area contributed by atoms with Gasteiger partial charge < -0.3 is 10.1 Å². The first kappa shape index (κ1) is 11.6. The highest BCUT2D eigenvalue weighted by Gasteiger charge is 2.21. The van der Waals surface area contributed by atoms with Gasteiger partial charge in [-0.05, 0) is 12.1 Å². The van der Waals surface area contributed by atoms with E-state index >= 15 is 0 Å². The number of nitrogens with one attached hydrogen (secondary N) is 1. The summed E-state index contributed by atoms with van der Waals surface area (Å²) in [6.07, 6.45) is 0. The van der Waals surface area contributed by atoms with Crippen molar-refractivity contribution in [2.24, 2.45) is 5.41 Å². The maximum Gasteiger partial charge on any atom is 0.229 e. The number of ether oxygens (including phenoxy) is 1. The lowest BCUT2D eigenvalue weighted by molar-refractivity contribution is -0.123. The second kappa shape index (κ2) is 4.34. The Morgan fingerprint density at radius 3 is 2.60 bits per heavy atom. The molecule has 0 saturated heterocycles. The van der Waals surface area contributed by atoms with Crippen molar-refractivity contribution < 1.29 is 9.53 Å². The Labute approximate surface area is 90.4 Å². The molecule has 0 aliphatic heterocycles. The molecule has 0 bridgehead atoms. The van der Waals surface area contributed by atoms with Crippen molar-refractivity contribution in [3.05, 3.63) is 24.3 Å². The van der Waals surface area contributed by atoms with Crippen LogP contribution in [0.2, 0.25) is 0 Å². The van der Waals surface area contributed by atoms with Gasteiger partial charge in [-0.2, -0.15) is 0 Å². The minimum absolute atomic E-state index is 0.0352. The van der Waals surface area contributed by atoms with E-state index < -0.39 is 5.41 Å². The van der Waals surface area contributed by atoms with E-state index in [9.17, 15) is 4.79 Å². The summed E-state index contributed by atoms with van der Waals surface area (Å²) in [6.45, 7) is 5.59. The molecule has 0 aliphatic carbocycles. The highest BCUT2D eigenvalue weighted by atomic mass is 16.5. The third kappa shape index (κ3) is 3.27. The molecule has 0 heterocycles. The SMILES string of the molecule is COc1[c]c(NC(=O)C(C)(C)C)ccc1. The van der Waals surface area contributed by atoms with Gasteiger partial charge in [0.25, 0.3) is 0 Å². The molecular formula is C12H16NO2. The van der Waals surface area contributed by atoms with E-state index in [1.807, 2.05) is 26.8 Å². The van der Waals surface area contributed by atoms with Crippen LogP contribution in [-0.4, -0.2) is 13.0 Å². The Bertz CT molecular complexity index is 353. The molecule has 0 spiro atoms. The minimum atomic E-state index is -0.406. The first-order chi connectivity index (χ1) is 6.93. The molecule has 0 fully saturated rings. The van der Waals surface area contributed by atoms with E-state index in [0.29, 0.717) is 11.4 Å². The Kier molecular flexibility index (Phi) is 3.35. The number of carbonyl (C=O) groups excluding carboxylic acids is 1. The lowest BCUT2D eigenvalue weighted by atomic mass is 9.95. The fraction of sp³-hybridized carbons (Fsp3) is 0.417. The average Bonchev–Trinajstić information content (AvgIpc) is 2.16. The molecule has 1 amide bonds. The van der Waals surface area contributed by atoms with Crippen LogP contribution in [0.5, 0.6) is 5.75 Å². The zero-order valence-corrected chi connectivity index (χ0v) is 9.55. The molecule has 1 aromatic carbocycles. The van der Waals surface area contributed by atoms with Crippen molar-refractivity contribution in [3.63, 3.8) is 0 Å². The molecule has 81 valence electrons. The fourth-order valence-electron chi connectivity index (χ4n) is 0.950. The lowest BCUT2D eigenvalue weighted by Gasteiger charge is -2.17. The number of hydrogen-bond acceptors (Lipinski definition) is 2. The maximum atomic E-state index is 11.7. The van der Waals surface area contributed by atoms with Gasteiger partial charge in [0.05, 0.1) is 18.9 Å². The highest BCUT2D eigenvalue weighted by Crippen LogP contribution is 2.19. The van der Waals surface area contributed by atoms with E-state index in [0.717, 1.165) is 0 Å². The van der Waals surface area contributed by atoms with Crippen LogP contribution in [-0.2, 0) is 4.79 Å². The minimum Gasteiger partial charge on any atom is -0.496 e. The molecule has 1 N–H and O–H groups in total. The molecule has 1 radical (unpaired) electrons. The fourth-order valence-corrected chi connectivity index (χ4v) is 0.950. The number of methoxy groups -OCH3 is 1. The van der Waals surface area contributed by atoms with Crippen LogP contribution in [0.4, 0.5) is 5.69 Å². The van der Waals surface area contributed by atoms with Crippen LogP contribution < -0.4 is 10.1 Å². The molecule has 1 aromatic rings. The predicted octanol–water partition coefficient (Wildman–Crippen LogP) is 2.48. The van der Waals surface area contributed by atoms with Gasteiger partial charge in [-0.3, -0.25) is 4.79 Å². The van der Waals surface area contributed by atoms with Crippen molar-refractivity contribution in [1.82, 2.24) is 0 Å². The van der Waals surface area contributed by atoms with Gasteiger partial charge in [0.15, 0.2) is 0 Å². The van der Waals surface area contributed by atoms with Gasteiger partial charge in [-0.15, -0.1) is 0 Å². The van der Waals surface area contributed by atoms with Gasteiger partial charge in [0.1, 0.15) is 5.75 Å². The van der Waals surface area contributed by atoms with Crippen LogP contribution in [0, 0.1) is 11.5 Å². The summed E-state index contributed by atoms with van der Waals surface area (Å²) in [5, 5.41) is 2.78. The molecule has 0 unspecified atom stereocenters. The quantitative estimate of drug-likeness (QED) is 0.807. The predicted molar refractivity (Wildman–Crippen MR) is 59.9 cm³/mol. The molecule has 0 atom stereocenters. The van der Waals surface area contributed by atoms with E-state index in [2.05, 4.69) is 11.4 Å². The van der Waals surface area contributed by atoms with Gasteiger partial charge in [-0.25, -0.2) is 0 Å². The smallest absolute Gasteiger partial charge is 0.229 e. The Hall–Kier alpha value is -1.51. The van der Waals surface area contributed by atoms with E-state index in [1.54, 1.807) is 19.2 Å². The number of hydrogen-bond donors (Lipinski definition) is 1. The number of benzene rings is 1. The summed E-state index contributed by atoms with van der Waals surface area (Å²) in [7, 11) is 1.57. The third-order valence-electron chi connectivity index (χ3n) is 1.92. The molecular weight excluding hydrogens is 190 g/mol. The Balaban J connectivity index is 2.77. The Morgan fingerprint density at radius 1 is 1.40 bits per heavy atom. The molecule has 15 heavy (non-hydrogen) atoms. The molecule has 0 saturated carbocycles. The van der Waals surface area contributed by atoms with E-state index in [4.69, 9.17) is 4.74 Å². The van der Waals surface area contributed by atoms with E-state index in [-0.39, 0.29) is 5.91 Å². The van der Waals surface area contributed by atoms with Crippen LogP contribution in [0.15, 0.2) is 18.2 Å². The van der Waals surface area contributed by atoms with Gasteiger partial charge in [0.2, 0.25) is 5.91 Å². The first-order valence-corrected chi connectivity index (χ1v) is 4.81. The largest absolute Gasteiger partial charge is 0.496 e. The molecule has 1 rings (SSSR count). The number of amides is 1. The monoisotopic (exact) mass is 206 g/mol. The zero-order chi connectivity index (χ0) is 11.5. The van der Waals surface area contributed by atoms with Gasteiger partial charge in [0, 0.05) is 5.41 Å². The second-order valence-corrected chi connectivity index (χ2v) is 4.34. The average molecular weight is 206 g/mol. The summed E-state index contributed by atoms with van der Waals surface area (Å²) in [5.41, 5.74) is 0.228. The van der Waals surface area contributed by atoms with Crippen LogP contribution in [0.3, 0.4) is 0 Å². The van der Waals surface area contributed by atoms with Crippen LogP contribution in [0.25, 0.3) is 0 Å². The Morgan fingerprint density at radius 2 is 2.07 bits per heavy atom. The summed E-state index contributed by atoms with van der Waals surface area (Å²) in [5.74, 6) is 0.578. The highest BCUT2D eigenvalue weighted by molar-refractivity contribution is 5.94. The summed E-state index contributed by atoms with van der Waals surface area (Å²) in [4.78, 5) is 11.7. The maximum absolute atomic E-state index is 11.7. The molecule has 3 nitrogen and oxygen atoms in total. The molecule has 0 aliphatic rings. The number of rotatable bonds is 2. The normalized spacial score (nSPS) is 10.9. The van der Waals surface area contributed by atoms with Crippen molar-refractivity contribution in [2.45, 2.75) is 20.8 Å². The zero-order valence-electron chi connectivity index (χ0n) is 9.55. The van der Waals surface area contributed by atoms with Crippen LogP contribution in [0.1, 0.15) is 20.8 Å². The molecule has 0 aromatic heterocycles. The standard InChI is InChI=1S/C12H16NO2/c1-12(2,3)11(14)13-9-6-5-7-10(8-9)15-4/h5-7H,1-4H3,(H,13,14). The summed E-state index contributed by atoms with van der Waals surface area (Å²) < 4.78 is 5.02. The van der Waals surface area contributed by atoms with Crippen molar-refractivity contribution >= 4 is 11.6 Å².